The normalized spacial score (nSPS) is 50.2. The van der Waals surface area contributed by atoms with Gasteiger partial charge in [-0.15, -0.1) is 0 Å². The van der Waals surface area contributed by atoms with Gasteiger partial charge in [-0.3, -0.25) is 0 Å². The third kappa shape index (κ3) is 2.82. The van der Waals surface area contributed by atoms with E-state index < -0.39 is 5.60 Å². The number of aliphatic hydroxyl groups is 1. The molecule has 0 aromatic rings. The summed E-state index contributed by atoms with van der Waals surface area (Å²) in [5.41, 5.74) is 0.169. The number of hydrogen-bond acceptors (Lipinski definition) is 2. The van der Waals surface area contributed by atoms with E-state index in [1.54, 1.807) is 0 Å². The Hall–Kier alpha value is -0.550. The fraction of sp³-hybridized carbons (Fsp3) is 0.960. The Balaban J connectivity index is 1.55. The average molecular weight is 372 g/mol. The standard InChI is InChI=1S/C25H41NO/c1-18(8-5-7-17-26)25(27)16-13-22-20-11-10-19-9-4-6-14-23(19,2)21(20)12-15-24(22,25)3/h18-22,27H,4-16H2,1-3H3/t18-,19?,20-,21+,22+,23+,24+,25+/m1/s1. The number of rotatable bonds is 4. The Morgan fingerprint density at radius 1 is 1.00 bits per heavy atom. The summed E-state index contributed by atoms with van der Waals surface area (Å²) in [4.78, 5) is 0. The van der Waals surface area contributed by atoms with Gasteiger partial charge >= 0.3 is 0 Å². The second kappa shape index (κ2) is 7.05. The first-order valence-corrected chi connectivity index (χ1v) is 12.0. The molecular formula is C25H41NO. The van der Waals surface area contributed by atoms with Gasteiger partial charge in [0.05, 0.1) is 11.7 Å². The molecule has 0 radical (unpaired) electrons. The molecule has 4 aliphatic carbocycles. The van der Waals surface area contributed by atoms with Gasteiger partial charge in [0.15, 0.2) is 0 Å². The first kappa shape index (κ1) is 19.8. The fourth-order valence-electron chi connectivity index (χ4n) is 8.88. The van der Waals surface area contributed by atoms with E-state index >= 15 is 0 Å². The van der Waals surface area contributed by atoms with Crippen molar-refractivity contribution in [2.75, 3.05) is 0 Å². The maximum atomic E-state index is 11.9. The van der Waals surface area contributed by atoms with Crippen molar-refractivity contribution in [3.05, 3.63) is 0 Å². The first-order valence-electron chi connectivity index (χ1n) is 12.0. The highest BCUT2D eigenvalue weighted by molar-refractivity contribution is 5.14. The van der Waals surface area contributed by atoms with E-state index in [4.69, 9.17) is 5.26 Å². The maximum absolute atomic E-state index is 11.9. The van der Waals surface area contributed by atoms with Gasteiger partial charge in [0.25, 0.3) is 0 Å². The summed E-state index contributed by atoms with van der Waals surface area (Å²) in [6.07, 6.45) is 16.1. The van der Waals surface area contributed by atoms with Crippen LogP contribution in [0.5, 0.6) is 0 Å². The molecule has 0 aliphatic heterocycles. The van der Waals surface area contributed by atoms with Crippen LogP contribution in [0.2, 0.25) is 0 Å². The van der Waals surface area contributed by atoms with Crippen LogP contribution in [-0.2, 0) is 0 Å². The third-order valence-corrected chi connectivity index (χ3v) is 10.5. The third-order valence-electron chi connectivity index (χ3n) is 10.5. The lowest BCUT2D eigenvalue weighted by Gasteiger charge is -2.61. The van der Waals surface area contributed by atoms with Gasteiger partial charge in [-0.2, -0.15) is 5.26 Å². The quantitative estimate of drug-likeness (QED) is 0.575. The molecule has 1 N–H and O–H groups in total. The Morgan fingerprint density at radius 3 is 2.56 bits per heavy atom. The van der Waals surface area contributed by atoms with Crippen LogP contribution in [-0.4, -0.2) is 10.7 Å². The Bertz CT molecular complexity index is 596. The summed E-state index contributed by atoms with van der Waals surface area (Å²) >= 11 is 0. The molecule has 0 aromatic carbocycles. The summed E-state index contributed by atoms with van der Waals surface area (Å²) in [6, 6.07) is 2.28. The molecule has 4 aliphatic rings. The van der Waals surface area contributed by atoms with Crippen molar-refractivity contribution in [2.24, 2.45) is 40.4 Å². The molecule has 27 heavy (non-hydrogen) atoms. The zero-order valence-electron chi connectivity index (χ0n) is 18.0. The van der Waals surface area contributed by atoms with Crippen molar-refractivity contribution >= 4 is 0 Å². The van der Waals surface area contributed by atoms with Crippen molar-refractivity contribution in [1.29, 1.82) is 5.26 Å². The minimum absolute atomic E-state index is 0.0953. The summed E-state index contributed by atoms with van der Waals surface area (Å²) < 4.78 is 0. The van der Waals surface area contributed by atoms with Gasteiger partial charge in [0, 0.05) is 6.42 Å². The van der Waals surface area contributed by atoms with Crippen LogP contribution in [0.4, 0.5) is 0 Å². The zero-order chi connectivity index (χ0) is 19.3. The van der Waals surface area contributed by atoms with E-state index in [2.05, 4.69) is 26.8 Å². The predicted octanol–water partition coefficient (Wildman–Crippen LogP) is 6.48. The number of hydrogen-bond donors (Lipinski definition) is 1. The van der Waals surface area contributed by atoms with Crippen molar-refractivity contribution in [3.8, 4) is 6.07 Å². The number of fused-ring (bicyclic) bond motifs is 5. The summed E-state index contributed by atoms with van der Waals surface area (Å²) in [6.45, 7) is 7.34. The number of nitrogens with zero attached hydrogens (tertiary/aromatic N) is 1. The average Bonchev–Trinajstić information content (AvgIpc) is 2.94. The largest absolute Gasteiger partial charge is 0.389 e. The van der Waals surface area contributed by atoms with E-state index in [1.807, 2.05) is 0 Å². The van der Waals surface area contributed by atoms with Crippen molar-refractivity contribution in [2.45, 2.75) is 110 Å². The molecule has 0 amide bonds. The Labute approximate surface area is 167 Å². The van der Waals surface area contributed by atoms with Gasteiger partial charge in [0.2, 0.25) is 0 Å². The smallest absolute Gasteiger partial charge is 0.0729 e. The summed E-state index contributed by atoms with van der Waals surface area (Å²) in [7, 11) is 0. The van der Waals surface area contributed by atoms with Crippen LogP contribution in [0, 0.1) is 51.8 Å². The zero-order valence-corrected chi connectivity index (χ0v) is 18.0. The highest BCUT2D eigenvalue weighted by Crippen LogP contribution is 2.69. The second-order valence-electron chi connectivity index (χ2n) is 11.3. The number of nitriles is 1. The SMILES string of the molecule is C[C@H](CCCC#N)[C@@]1(O)CC[C@H]2[C@@H]3CCC4CCCC[C@]4(C)[C@H]3CC[C@@]21C. The lowest BCUT2D eigenvalue weighted by atomic mass is 9.44. The molecule has 0 heterocycles. The fourth-order valence-corrected chi connectivity index (χ4v) is 8.88. The van der Waals surface area contributed by atoms with E-state index in [0.717, 1.165) is 42.9 Å². The van der Waals surface area contributed by atoms with Gasteiger partial charge in [-0.25, -0.2) is 0 Å². The molecule has 0 aromatic heterocycles. The molecule has 4 saturated carbocycles. The molecule has 0 saturated heterocycles. The molecule has 0 spiro atoms. The highest BCUT2D eigenvalue weighted by atomic mass is 16.3. The molecule has 2 nitrogen and oxygen atoms in total. The van der Waals surface area contributed by atoms with Gasteiger partial charge < -0.3 is 5.11 Å². The molecule has 2 heteroatoms. The van der Waals surface area contributed by atoms with E-state index in [9.17, 15) is 5.11 Å². The lowest BCUT2D eigenvalue weighted by molar-refractivity contribution is -0.168. The van der Waals surface area contributed by atoms with Crippen molar-refractivity contribution < 1.29 is 5.11 Å². The van der Waals surface area contributed by atoms with Crippen LogP contribution in [0.3, 0.4) is 0 Å². The molecule has 0 bridgehead atoms. The first-order chi connectivity index (χ1) is 12.9. The molecule has 1 unspecified atom stereocenters. The minimum Gasteiger partial charge on any atom is -0.389 e. The summed E-state index contributed by atoms with van der Waals surface area (Å²) in [5.74, 6) is 3.77. The lowest BCUT2D eigenvalue weighted by Crippen LogP contribution is -2.57. The van der Waals surface area contributed by atoms with Crippen LogP contribution in [0.15, 0.2) is 0 Å². The van der Waals surface area contributed by atoms with Crippen molar-refractivity contribution in [3.63, 3.8) is 0 Å². The van der Waals surface area contributed by atoms with Crippen LogP contribution < -0.4 is 0 Å². The minimum atomic E-state index is -0.511. The van der Waals surface area contributed by atoms with Gasteiger partial charge in [0.1, 0.15) is 0 Å². The van der Waals surface area contributed by atoms with Crippen LogP contribution in [0.1, 0.15) is 104 Å². The molecular weight excluding hydrogens is 330 g/mol. The van der Waals surface area contributed by atoms with Gasteiger partial charge in [-0.05, 0) is 105 Å². The van der Waals surface area contributed by atoms with Crippen LogP contribution in [0.25, 0.3) is 0 Å². The predicted molar refractivity (Wildman–Crippen MR) is 110 cm³/mol. The Morgan fingerprint density at radius 2 is 1.78 bits per heavy atom. The maximum Gasteiger partial charge on any atom is 0.0729 e. The molecule has 4 fully saturated rings. The van der Waals surface area contributed by atoms with E-state index in [0.29, 0.717) is 17.8 Å². The Kier molecular flexibility index (Phi) is 5.16. The molecule has 4 rings (SSSR count). The van der Waals surface area contributed by atoms with E-state index in [-0.39, 0.29) is 5.41 Å². The summed E-state index contributed by atoms with van der Waals surface area (Å²) in [5, 5.41) is 20.8. The van der Waals surface area contributed by atoms with Gasteiger partial charge in [-0.1, -0.05) is 33.6 Å². The topological polar surface area (TPSA) is 44.0 Å². The highest BCUT2D eigenvalue weighted by Gasteiger charge is 2.65. The molecule has 152 valence electrons. The van der Waals surface area contributed by atoms with Crippen molar-refractivity contribution in [1.82, 2.24) is 0 Å². The number of unbranched alkanes of at least 4 members (excludes halogenated alkanes) is 1. The monoisotopic (exact) mass is 371 g/mol. The van der Waals surface area contributed by atoms with E-state index in [1.165, 1.54) is 57.8 Å². The van der Waals surface area contributed by atoms with Crippen LogP contribution >= 0.6 is 0 Å². The molecule has 8 atom stereocenters. The second-order valence-corrected chi connectivity index (χ2v) is 11.3.